The fourth-order valence-corrected chi connectivity index (χ4v) is 4.12. The molecule has 3 heteroatoms. The van der Waals surface area contributed by atoms with Crippen molar-refractivity contribution in [2.45, 2.75) is 71.3 Å². The fourth-order valence-electron chi connectivity index (χ4n) is 4.12. The molecule has 2 fully saturated rings. The molecule has 0 heterocycles. The van der Waals surface area contributed by atoms with Gasteiger partial charge in [-0.15, -0.1) is 0 Å². The Labute approximate surface area is 117 Å². The lowest BCUT2D eigenvalue weighted by molar-refractivity contribution is -0.145. The van der Waals surface area contributed by atoms with Gasteiger partial charge in [0.25, 0.3) is 0 Å². The number of hydrogen-bond acceptors (Lipinski definition) is 2. The van der Waals surface area contributed by atoms with E-state index in [1.54, 1.807) is 0 Å². The highest BCUT2D eigenvalue weighted by Gasteiger charge is 2.42. The minimum Gasteiger partial charge on any atom is -0.339 e. The number of rotatable bonds is 4. The molecule has 2 rings (SSSR count). The first-order valence-corrected chi connectivity index (χ1v) is 8.13. The van der Waals surface area contributed by atoms with Gasteiger partial charge in [0.15, 0.2) is 0 Å². The highest BCUT2D eigenvalue weighted by atomic mass is 16.2. The summed E-state index contributed by atoms with van der Waals surface area (Å²) in [6.45, 7) is 5.87. The van der Waals surface area contributed by atoms with Gasteiger partial charge >= 0.3 is 0 Å². The molecule has 0 bridgehead atoms. The van der Waals surface area contributed by atoms with E-state index in [9.17, 15) is 4.79 Å². The lowest BCUT2D eigenvalue weighted by atomic mass is 9.81. The van der Waals surface area contributed by atoms with Gasteiger partial charge < -0.3 is 10.6 Å². The number of amides is 1. The Morgan fingerprint density at radius 1 is 1.21 bits per heavy atom. The Kier molecular flexibility index (Phi) is 4.88. The maximum absolute atomic E-state index is 12.9. The van der Waals surface area contributed by atoms with Crippen LogP contribution < -0.4 is 5.73 Å². The molecule has 2 saturated carbocycles. The topological polar surface area (TPSA) is 46.3 Å². The predicted molar refractivity (Wildman–Crippen MR) is 78.8 cm³/mol. The van der Waals surface area contributed by atoms with Gasteiger partial charge in [-0.2, -0.15) is 0 Å². The summed E-state index contributed by atoms with van der Waals surface area (Å²) in [5, 5.41) is 0. The zero-order valence-electron chi connectivity index (χ0n) is 12.7. The third-order valence-electron chi connectivity index (χ3n) is 5.40. The summed E-state index contributed by atoms with van der Waals surface area (Å²) in [6, 6.07) is 0.397. The van der Waals surface area contributed by atoms with E-state index >= 15 is 0 Å². The van der Waals surface area contributed by atoms with Crippen LogP contribution in [0.2, 0.25) is 0 Å². The van der Waals surface area contributed by atoms with Crippen molar-refractivity contribution in [3.63, 3.8) is 0 Å². The largest absolute Gasteiger partial charge is 0.339 e. The predicted octanol–water partition coefficient (Wildman–Crippen LogP) is 2.93. The summed E-state index contributed by atoms with van der Waals surface area (Å²) >= 11 is 0. The van der Waals surface area contributed by atoms with Crippen molar-refractivity contribution in [3.05, 3.63) is 0 Å². The molecule has 0 aromatic heterocycles. The first kappa shape index (κ1) is 14.8. The first-order valence-electron chi connectivity index (χ1n) is 8.13. The number of hydrogen-bond donors (Lipinski definition) is 1. The molecule has 0 radical (unpaired) electrons. The molecular weight excluding hydrogens is 236 g/mol. The molecule has 2 aliphatic carbocycles. The van der Waals surface area contributed by atoms with E-state index in [1.807, 2.05) is 0 Å². The Hall–Kier alpha value is -0.570. The number of nitrogens with zero attached hydrogens (tertiary/aromatic N) is 1. The van der Waals surface area contributed by atoms with Crippen LogP contribution in [-0.2, 0) is 4.79 Å². The molecule has 0 aliphatic heterocycles. The lowest BCUT2D eigenvalue weighted by Crippen LogP contribution is -2.52. The Bertz CT molecular complexity index is 310. The number of carbonyl (C=O) groups is 1. The summed E-state index contributed by atoms with van der Waals surface area (Å²) in [5.74, 6) is 0.917. The van der Waals surface area contributed by atoms with Crippen LogP contribution in [0.15, 0.2) is 0 Å². The van der Waals surface area contributed by atoms with Gasteiger partial charge in [-0.25, -0.2) is 0 Å². The first-order chi connectivity index (χ1) is 9.12. The highest BCUT2D eigenvalue weighted by molar-refractivity contribution is 5.83. The summed E-state index contributed by atoms with van der Waals surface area (Å²) < 4.78 is 0. The fraction of sp³-hybridized carbons (Fsp3) is 0.938. The second-order valence-corrected chi connectivity index (χ2v) is 6.71. The lowest BCUT2D eigenvalue weighted by Gasteiger charge is -2.42. The molecule has 1 amide bonds. The van der Waals surface area contributed by atoms with Crippen LogP contribution in [0, 0.1) is 11.3 Å². The van der Waals surface area contributed by atoms with E-state index in [-0.39, 0.29) is 5.41 Å². The van der Waals surface area contributed by atoms with E-state index in [1.165, 1.54) is 32.1 Å². The zero-order chi connectivity index (χ0) is 13.9. The van der Waals surface area contributed by atoms with E-state index in [4.69, 9.17) is 5.73 Å². The molecule has 2 atom stereocenters. The van der Waals surface area contributed by atoms with E-state index < -0.39 is 0 Å². The molecule has 0 aromatic carbocycles. The molecule has 0 saturated heterocycles. The van der Waals surface area contributed by atoms with Gasteiger partial charge in [0.2, 0.25) is 5.91 Å². The second-order valence-electron chi connectivity index (χ2n) is 6.71. The number of carbonyl (C=O) groups excluding carboxylic acids is 1. The van der Waals surface area contributed by atoms with Crippen molar-refractivity contribution in [1.29, 1.82) is 0 Å². The average Bonchev–Trinajstić information content (AvgIpc) is 2.88. The smallest absolute Gasteiger partial charge is 0.228 e. The molecule has 0 aromatic rings. The van der Waals surface area contributed by atoms with Crippen LogP contribution in [0.4, 0.5) is 0 Å². The molecule has 3 nitrogen and oxygen atoms in total. The van der Waals surface area contributed by atoms with Crippen molar-refractivity contribution in [2.75, 3.05) is 13.1 Å². The maximum atomic E-state index is 12.9. The van der Waals surface area contributed by atoms with Crippen molar-refractivity contribution in [2.24, 2.45) is 17.1 Å². The molecule has 2 aliphatic rings. The third kappa shape index (κ3) is 2.96. The number of nitrogens with two attached hydrogens (primary N) is 1. The Balaban J connectivity index is 2.11. The molecule has 2 unspecified atom stereocenters. The Morgan fingerprint density at radius 2 is 1.84 bits per heavy atom. The SMILES string of the molecule is CCN(C(=O)C1(C)CCCC1)C1CCCCC1CN. The van der Waals surface area contributed by atoms with Crippen molar-refractivity contribution in [1.82, 2.24) is 4.90 Å². The second kappa shape index (κ2) is 6.25. The Morgan fingerprint density at radius 3 is 2.42 bits per heavy atom. The van der Waals surface area contributed by atoms with Crippen LogP contribution in [0.1, 0.15) is 65.2 Å². The summed E-state index contributed by atoms with van der Waals surface area (Å²) in [4.78, 5) is 15.1. The zero-order valence-corrected chi connectivity index (χ0v) is 12.7. The van der Waals surface area contributed by atoms with E-state index in [0.717, 1.165) is 32.4 Å². The van der Waals surface area contributed by atoms with Crippen LogP contribution in [0.3, 0.4) is 0 Å². The normalized spacial score (nSPS) is 30.3. The van der Waals surface area contributed by atoms with E-state index in [2.05, 4.69) is 18.7 Å². The van der Waals surface area contributed by atoms with Crippen molar-refractivity contribution < 1.29 is 4.79 Å². The van der Waals surface area contributed by atoms with Crippen LogP contribution in [0.5, 0.6) is 0 Å². The standard InChI is InChI=1S/C16H30N2O/c1-3-18(14-9-5-4-8-13(14)12-17)15(19)16(2)10-6-7-11-16/h13-14H,3-12,17H2,1-2H3. The highest BCUT2D eigenvalue weighted by Crippen LogP contribution is 2.41. The molecule has 19 heavy (non-hydrogen) atoms. The van der Waals surface area contributed by atoms with Gasteiger partial charge in [0.05, 0.1) is 0 Å². The van der Waals surface area contributed by atoms with Crippen LogP contribution >= 0.6 is 0 Å². The van der Waals surface area contributed by atoms with Crippen LogP contribution in [-0.4, -0.2) is 29.9 Å². The molecular formula is C16H30N2O. The summed E-state index contributed by atoms with van der Waals surface area (Å²) in [5.41, 5.74) is 5.84. The van der Waals surface area contributed by atoms with Gasteiger partial charge in [-0.3, -0.25) is 4.79 Å². The minimum absolute atomic E-state index is 0.0907. The summed E-state index contributed by atoms with van der Waals surface area (Å²) in [7, 11) is 0. The van der Waals surface area contributed by atoms with Crippen molar-refractivity contribution >= 4 is 5.91 Å². The van der Waals surface area contributed by atoms with E-state index in [0.29, 0.717) is 17.9 Å². The van der Waals surface area contributed by atoms with Gasteiger partial charge in [0.1, 0.15) is 0 Å². The molecule has 2 N–H and O–H groups in total. The monoisotopic (exact) mass is 266 g/mol. The summed E-state index contributed by atoms with van der Waals surface area (Å²) in [6.07, 6.45) is 9.45. The quantitative estimate of drug-likeness (QED) is 0.850. The van der Waals surface area contributed by atoms with Crippen molar-refractivity contribution in [3.8, 4) is 0 Å². The molecule has 0 spiro atoms. The average molecular weight is 266 g/mol. The van der Waals surface area contributed by atoms with Gasteiger partial charge in [-0.1, -0.05) is 32.6 Å². The van der Waals surface area contributed by atoms with Crippen LogP contribution in [0.25, 0.3) is 0 Å². The van der Waals surface area contributed by atoms with Gasteiger partial charge in [-0.05, 0) is 45.1 Å². The molecule has 110 valence electrons. The minimum atomic E-state index is -0.0907. The third-order valence-corrected chi connectivity index (χ3v) is 5.40. The van der Waals surface area contributed by atoms with Gasteiger partial charge in [0, 0.05) is 18.0 Å². The maximum Gasteiger partial charge on any atom is 0.228 e.